The lowest BCUT2D eigenvalue weighted by molar-refractivity contribution is 0.405. The molecule has 29 heavy (non-hydrogen) atoms. The lowest BCUT2D eigenvalue weighted by atomic mass is 10.1. The first kappa shape index (κ1) is 20.7. The van der Waals surface area contributed by atoms with E-state index in [0.29, 0.717) is 0 Å². The Kier molecular flexibility index (Phi) is 7.53. The van der Waals surface area contributed by atoms with Crippen molar-refractivity contribution in [3.05, 3.63) is 66.5 Å². The standard InChI is InChI=1S/C23H30N6/c1-28(2)16-7-13-25-22-18-21(20-8-5-4-6-9-20)26-23(27-22)29(3)17-12-19-10-14-24-15-11-19/h4-6,8-11,14-15,18H,7,12-13,16-17H2,1-3H3,(H,25,26,27). The summed E-state index contributed by atoms with van der Waals surface area (Å²) in [5.74, 6) is 1.60. The fraction of sp³-hybridized carbons (Fsp3) is 0.348. The molecule has 0 atom stereocenters. The maximum atomic E-state index is 4.83. The highest BCUT2D eigenvalue weighted by Crippen LogP contribution is 2.22. The Morgan fingerprint density at radius 3 is 2.38 bits per heavy atom. The number of likely N-dealkylation sites (N-methyl/N-ethyl adjacent to an activating group) is 1. The molecule has 152 valence electrons. The number of benzene rings is 1. The Hall–Kier alpha value is -2.99. The van der Waals surface area contributed by atoms with Gasteiger partial charge in [-0.05, 0) is 51.2 Å². The van der Waals surface area contributed by atoms with Gasteiger partial charge >= 0.3 is 0 Å². The first-order valence-electron chi connectivity index (χ1n) is 10.0. The summed E-state index contributed by atoms with van der Waals surface area (Å²) >= 11 is 0. The van der Waals surface area contributed by atoms with Crippen LogP contribution in [-0.4, -0.2) is 60.6 Å². The van der Waals surface area contributed by atoms with Crippen LogP contribution in [0.3, 0.4) is 0 Å². The Morgan fingerprint density at radius 2 is 1.66 bits per heavy atom. The number of rotatable bonds is 10. The molecular weight excluding hydrogens is 360 g/mol. The van der Waals surface area contributed by atoms with E-state index in [1.807, 2.05) is 55.8 Å². The van der Waals surface area contributed by atoms with E-state index in [0.717, 1.165) is 55.5 Å². The predicted molar refractivity (Wildman–Crippen MR) is 120 cm³/mol. The van der Waals surface area contributed by atoms with E-state index in [1.165, 1.54) is 5.56 Å². The molecule has 1 N–H and O–H groups in total. The van der Waals surface area contributed by atoms with Gasteiger partial charge in [0.1, 0.15) is 5.82 Å². The molecule has 0 radical (unpaired) electrons. The smallest absolute Gasteiger partial charge is 0.227 e. The van der Waals surface area contributed by atoms with Gasteiger partial charge in [0.15, 0.2) is 0 Å². The Balaban J connectivity index is 1.76. The summed E-state index contributed by atoms with van der Waals surface area (Å²) < 4.78 is 0. The lowest BCUT2D eigenvalue weighted by Crippen LogP contribution is -2.23. The van der Waals surface area contributed by atoms with Crippen molar-refractivity contribution < 1.29 is 0 Å². The van der Waals surface area contributed by atoms with Gasteiger partial charge in [-0.2, -0.15) is 4.98 Å². The van der Waals surface area contributed by atoms with E-state index in [4.69, 9.17) is 9.97 Å². The minimum atomic E-state index is 0.732. The van der Waals surface area contributed by atoms with Crippen molar-refractivity contribution in [2.75, 3.05) is 51.0 Å². The van der Waals surface area contributed by atoms with Crippen molar-refractivity contribution in [3.8, 4) is 11.3 Å². The van der Waals surface area contributed by atoms with Crippen LogP contribution in [0.4, 0.5) is 11.8 Å². The molecule has 0 unspecified atom stereocenters. The van der Waals surface area contributed by atoms with E-state index in [2.05, 4.69) is 46.3 Å². The molecule has 0 spiro atoms. The summed E-state index contributed by atoms with van der Waals surface area (Å²) in [6.07, 6.45) is 5.64. The molecule has 6 nitrogen and oxygen atoms in total. The Morgan fingerprint density at radius 1 is 0.897 bits per heavy atom. The summed E-state index contributed by atoms with van der Waals surface area (Å²) in [6, 6.07) is 16.4. The van der Waals surface area contributed by atoms with Gasteiger partial charge in [-0.3, -0.25) is 4.98 Å². The zero-order valence-electron chi connectivity index (χ0n) is 17.5. The van der Waals surface area contributed by atoms with E-state index < -0.39 is 0 Å². The molecule has 0 bridgehead atoms. The molecule has 0 aliphatic rings. The second-order valence-corrected chi connectivity index (χ2v) is 7.42. The summed E-state index contributed by atoms with van der Waals surface area (Å²) in [5.41, 5.74) is 3.28. The summed E-state index contributed by atoms with van der Waals surface area (Å²) in [6.45, 7) is 2.76. The molecule has 6 heteroatoms. The highest BCUT2D eigenvalue weighted by atomic mass is 15.2. The normalized spacial score (nSPS) is 10.9. The van der Waals surface area contributed by atoms with E-state index >= 15 is 0 Å². The number of aromatic nitrogens is 3. The van der Waals surface area contributed by atoms with Gasteiger partial charge in [-0.15, -0.1) is 0 Å². The average molecular weight is 391 g/mol. The molecule has 0 amide bonds. The SMILES string of the molecule is CN(C)CCCNc1cc(-c2ccccc2)nc(N(C)CCc2ccncc2)n1. The maximum Gasteiger partial charge on any atom is 0.227 e. The molecule has 0 fully saturated rings. The summed E-state index contributed by atoms with van der Waals surface area (Å²) in [4.78, 5) is 18.0. The van der Waals surface area contributed by atoms with Crippen LogP contribution in [-0.2, 0) is 6.42 Å². The summed E-state index contributed by atoms with van der Waals surface area (Å²) in [5, 5.41) is 3.47. The molecule has 0 aliphatic heterocycles. The van der Waals surface area contributed by atoms with Crippen molar-refractivity contribution in [1.29, 1.82) is 0 Å². The van der Waals surface area contributed by atoms with Crippen LogP contribution in [0.1, 0.15) is 12.0 Å². The number of hydrogen-bond acceptors (Lipinski definition) is 6. The lowest BCUT2D eigenvalue weighted by Gasteiger charge is -2.19. The Bertz CT molecular complexity index is 867. The molecule has 3 rings (SSSR count). The molecule has 0 aliphatic carbocycles. The van der Waals surface area contributed by atoms with Gasteiger partial charge in [-0.25, -0.2) is 4.98 Å². The van der Waals surface area contributed by atoms with Crippen LogP contribution in [0.15, 0.2) is 60.9 Å². The van der Waals surface area contributed by atoms with Gasteiger partial charge in [0, 0.05) is 44.2 Å². The number of hydrogen-bond donors (Lipinski definition) is 1. The number of anilines is 2. The van der Waals surface area contributed by atoms with Gasteiger partial charge in [0.25, 0.3) is 0 Å². The first-order chi connectivity index (χ1) is 14.1. The van der Waals surface area contributed by atoms with Crippen LogP contribution in [0, 0.1) is 0 Å². The molecule has 1 aromatic carbocycles. The van der Waals surface area contributed by atoms with Crippen LogP contribution in [0.5, 0.6) is 0 Å². The zero-order valence-corrected chi connectivity index (χ0v) is 17.5. The van der Waals surface area contributed by atoms with E-state index in [-0.39, 0.29) is 0 Å². The number of nitrogens with one attached hydrogen (secondary N) is 1. The second-order valence-electron chi connectivity index (χ2n) is 7.42. The minimum Gasteiger partial charge on any atom is -0.370 e. The maximum absolute atomic E-state index is 4.83. The third-order valence-corrected chi connectivity index (χ3v) is 4.70. The van der Waals surface area contributed by atoms with Crippen molar-refractivity contribution in [2.24, 2.45) is 0 Å². The average Bonchev–Trinajstić information content (AvgIpc) is 2.76. The topological polar surface area (TPSA) is 57.2 Å². The number of nitrogens with zero attached hydrogens (tertiary/aromatic N) is 5. The molecule has 0 saturated heterocycles. The third kappa shape index (κ3) is 6.54. The summed E-state index contributed by atoms with van der Waals surface area (Å²) in [7, 11) is 6.23. The monoisotopic (exact) mass is 390 g/mol. The highest BCUT2D eigenvalue weighted by Gasteiger charge is 2.11. The molecule has 0 saturated carbocycles. The van der Waals surface area contributed by atoms with Crippen LogP contribution >= 0.6 is 0 Å². The van der Waals surface area contributed by atoms with Crippen LogP contribution < -0.4 is 10.2 Å². The van der Waals surface area contributed by atoms with E-state index in [9.17, 15) is 0 Å². The molecule has 3 aromatic rings. The van der Waals surface area contributed by atoms with E-state index in [1.54, 1.807) is 0 Å². The van der Waals surface area contributed by atoms with Crippen molar-refractivity contribution in [1.82, 2.24) is 19.9 Å². The van der Waals surface area contributed by atoms with Crippen LogP contribution in [0.2, 0.25) is 0 Å². The Labute approximate surface area is 173 Å². The zero-order chi connectivity index (χ0) is 20.5. The van der Waals surface area contributed by atoms with Crippen molar-refractivity contribution in [3.63, 3.8) is 0 Å². The van der Waals surface area contributed by atoms with Crippen molar-refractivity contribution >= 4 is 11.8 Å². The predicted octanol–water partition coefficient (Wildman–Crippen LogP) is 3.58. The highest BCUT2D eigenvalue weighted by molar-refractivity contribution is 5.64. The van der Waals surface area contributed by atoms with Gasteiger partial charge in [0.2, 0.25) is 5.95 Å². The third-order valence-electron chi connectivity index (χ3n) is 4.70. The quantitative estimate of drug-likeness (QED) is 0.534. The largest absolute Gasteiger partial charge is 0.370 e. The fourth-order valence-corrected chi connectivity index (χ4v) is 3.01. The second kappa shape index (κ2) is 10.5. The fourth-order valence-electron chi connectivity index (χ4n) is 3.01. The van der Waals surface area contributed by atoms with Gasteiger partial charge in [0.05, 0.1) is 5.69 Å². The first-order valence-corrected chi connectivity index (χ1v) is 10.0. The van der Waals surface area contributed by atoms with Gasteiger partial charge < -0.3 is 15.1 Å². The molecule has 2 aromatic heterocycles. The van der Waals surface area contributed by atoms with Crippen molar-refractivity contribution in [2.45, 2.75) is 12.8 Å². The van der Waals surface area contributed by atoms with Crippen LogP contribution in [0.25, 0.3) is 11.3 Å². The molecular formula is C23H30N6. The van der Waals surface area contributed by atoms with Gasteiger partial charge in [-0.1, -0.05) is 30.3 Å². The minimum absolute atomic E-state index is 0.732. The molecule has 2 heterocycles. The number of pyridine rings is 1.